The molecule has 0 radical (unpaired) electrons. The second-order valence-electron chi connectivity index (χ2n) is 15.1. The Hall–Kier alpha value is -6.23. The molecular weight excluding hydrogens is 773 g/mol. The van der Waals surface area contributed by atoms with Gasteiger partial charge in [0.1, 0.15) is 30.2 Å². The number of benzene rings is 3. The van der Waals surface area contributed by atoms with Crippen LogP contribution in [0.1, 0.15) is 49.7 Å². The molecule has 3 aromatic carbocycles. The Labute approximate surface area is 346 Å². The van der Waals surface area contributed by atoms with E-state index >= 15 is 0 Å². The van der Waals surface area contributed by atoms with E-state index < -0.39 is 65.8 Å². The Balaban J connectivity index is 1.39. The second kappa shape index (κ2) is 19.5. The van der Waals surface area contributed by atoms with Gasteiger partial charge >= 0.3 is 6.03 Å². The first-order valence-electron chi connectivity index (χ1n) is 19.9. The molecule has 6 rings (SSSR count). The van der Waals surface area contributed by atoms with Gasteiger partial charge in [-0.2, -0.15) is 0 Å². The first-order chi connectivity index (χ1) is 28.4. The predicted molar refractivity (Wildman–Crippen MR) is 227 cm³/mol. The molecule has 0 bridgehead atoms. The van der Waals surface area contributed by atoms with E-state index in [0.29, 0.717) is 19.3 Å². The van der Waals surface area contributed by atoms with Crippen molar-refractivity contribution in [2.45, 2.75) is 81.6 Å². The number of urea groups is 1. The molecule has 2 aliphatic heterocycles. The summed E-state index contributed by atoms with van der Waals surface area (Å²) in [6.07, 6.45) is 1.86. The third-order valence-electron chi connectivity index (χ3n) is 11.0. The van der Waals surface area contributed by atoms with Gasteiger partial charge in [-0.25, -0.2) is 4.79 Å². The maximum Gasteiger partial charge on any atom is 0.312 e. The minimum Gasteiger partial charge on any atom is -0.370 e. The molecule has 7 amide bonds. The number of hydrogen-bond acceptors (Lipinski definition) is 8. The molecule has 312 valence electrons. The van der Waals surface area contributed by atoms with Crippen molar-refractivity contribution in [2.24, 2.45) is 22.2 Å². The van der Waals surface area contributed by atoms with Gasteiger partial charge < -0.3 is 48.3 Å². The number of nitrogens with one attached hydrogen (secondary N) is 4. The fraction of sp³-hybridized carbons (Fsp3) is 0.405. The van der Waals surface area contributed by atoms with Gasteiger partial charge in [0, 0.05) is 44.2 Å². The molecule has 2 saturated heterocycles. The van der Waals surface area contributed by atoms with Crippen LogP contribution in [0.15, 0.2) is 77.1 Å². The maximum atomic E-state index is 14.7. The van der Waals surface area contributed by atoms with Crippen LogP contribution in [0, 0.1) is 0 Å². The highest BCUT2D eigenvalue weighted by Gasteiger charge is 2.41. The summed E-state index contributed by atoms with van der Waals surface area (Å²) in [5.41, 5.74) is 18.0. The summed E-state index contributed by atoms with van der Waals surface area (Å²) in [7, 11) is 1.47. The van der Waals surface area contributed by atoms with Gasteiger partial charge in [0.25, 0.3) is 0 Å². The molecule has 0 spiro atoms. The summed E-state index contributed by atoms with van der Waals surface area (Å²) in [6, 6.07) is 15.2. The molecule has 2 fully saturated rings. The molecule has 16 nitrogen and oxygen atoms in total. The number of thiophene rings is 1. The highest BCUT2D eigenvalue weighted by Crippen LogP contribution is 2.28. The fourth-order valence-corrected chi connectivity index (χ4v) is 8.88. The van der Waals surface area contributed by atoms with Crippen molar-refractivity contribution in [3.05, 3.63) is 83.2 Å². The van der Waals surface area contributed by atoms with Gasteiger partial charge in [-0.05, 0) is 77.3 Å². The van der Waals surface area contributed by atoms with Crippen molar-refractivity contribution in [3.63, 3.8) is 0 Å². The summed E-state index contributed by atoms with van der Waals surface area (Å²) in [4.78, 5) is 90.7. The van der Waals surface area contributed by atoms with Crippen LogP contribution in [0.2, 0.25) is 0 Å². The van der Waals surface area contributed by atoms with E-state index in [9.17, 15) is 28.8 Å². The number of rotatable bonds is 12. The predicted octanol–water partition coefficient (Wildman–Crippen LogP) is 1.63. The van der Waals surface area contributed by atoms with Crippen molar-refractivity contribution < 1.29 is 28.8 Å². The zero-order valence-corrected chi connectivity index (χ0v) is 33.8. The standard InChI is InChI=1S/C42H52N10O6S/c1-51-33(13-7-19-47-42(45)58)37(54)50-32(22-25-16-17-26-9-2-3-10-27(26)21-25)40(57)52-20-8-14-34(52)38(55)49-31(23-28-24-59-35-15-5-4-11-29(28)35)36(53)48-30(39(51)56)12-6-18-46-41(43)44/h2-5,9-11,15-17,21,24,30-34H,6-8,12-14,18-20,22-23H2,1H3,(H,48,53)(H,49,55)(H,50,54)(H4,43,44,46)(H3,45,47,58)/t30-,31+,32-,33-,34-/m0/s1. The van der Waals surface area contributed by atoms with E-state index in [1.54, 1.807) is 0 Å². The van der Waals surface area contributed by atoms with Crippen molar-refractivity contribution in [1.29, 1.82) is 0 Å². The van der Waals surface area contributed by atoms with Crippen LogP contribution in [0.4, 0.5) is 4.79 Å². The number of nitrogens with two attached hydrogens (primary N) is 3. The smallest absolute Gasteiger partial charge is 0.312 e. The van der Waals surface area contributed by atoms with Crippen LogP contribution < -0.4 is 38.5 Å². The van der Waals surface area contributed by atoms with Crippen molar-refractivity contribution >= 4 is 73.7 Å². The quantitative estimate of drug-likeness (QED) is 0.0627. The van der Waals surface area contributed by atoms with Gasteiger partial charge in [0.15, 0.2) is 5.96 Å². The summed E-state index contributed by atoms with van der Waals surface area (Å²) >= 11 is 1.52. The largest absolute Gasteiger partial charge is 0.370 e. The molecular formula is C42H52N10O6S. The molecule has 5 atom stereocenters. The summed E-state index contributed by atoms with van der Waals surface area (Å²) < 4.78 is 1.01. The van der Waals surface area contributed by atoms with Crippen molar-refractivity contribution in [3.8, 4) is 0 Å². The molecule has 10 N–H and O–H groups in total. The van der Waals surface area contributed by atoms with E-state index in [4.69, 9.17) is 17.2 Å². The number of amides is 7. The first-order valence-corrected chi connectivity index (χ1v) is 20.8. The SMILES string of the molecule is CN1C(=O)[C@H](CCCN=C(N)N)NC(=O)[C@@H](Cc2csc3ccccc23)NC(=O)[C@@H]2CCCN2C(=O)[C@H](Cc2ccc3ccccc3c2)NC(=O)[C@@H]1CCCNC(N)=O. The third kappa shape index (κ3) is 10.6. The molecule has 0 aliphatic carbocycles. The number of likely N-dealkylation sites (N-methyl/N-ethyl adjacent to an activating group) is 1. The highest BCUT2D eigenvalue weighted by atomic mass is 32.1. The lowest BCUT2D eigenvalue weighted by molar-refractivity contribution is -0.144. The minimum atomic E-state index is -1.15. The van der Waals surface area contributed by atoms with Gasteiger partial charge in [0.05, 0.1) is 0 Å². The maximum absolute atomic E-state index is 14.7. The Morgan fingerprint density at radius 3 is 2.32 bits per heavy atom. The monoisotopic (exact) mass is 824 g/mol. The second-order valence-corrected chi connectivity index (χ2v) is 16.0. The van der Waals surface area contributed by atoms with Gasteiger partial charge in [-0.3, -0.25) is 29.0 Å². The number of aliphatic imine (C=N–C) groups is 1. The average Bonchev–Trinajstić information content (AvgIpc) is 3.88. The number of nitrogens with zero attached hydrogens (tertiary/aromatic N) is 3. The zero-order chi connectivity index (χ0) is 42.1. The van der Waals surface area contributed by atoms with Crippen LogP contribution in [0.3, 0.4) is 0 Å². The van der Waals surface area contributed by atoms with E-state index in [0.717, 1.165) is 32.0 Å². The molecule has 17 heteroatoms. The van der Waals surface area contributed by atoms with Gasteiger partial charge in [-0.15, -0.1) is 11.3 Å². The number of carbonyl (C=O) groups excluding carboxylic acids is 6. The molecule has 3 heterocycles. The van der Waals surface area contributed by atoms with E-state index in [2.05, 4.69) is 26.3 Å². The number of fused-ring (bicyclic) bond motifs is 3. The van der Waals surface area contributed by atoms with Gasteiger partial charge in [-0.1, -0.05) is 60.7 Å². The molecule has 4 aromatic rings. The third-order valence-corrected chi connectivity index (χ3v) is 12.0. The molecule has 1 aromatic heterocycles. The fourth-order valence-electron chi connectivity index (χ4n) is 7.90. The minimum absolute atomic E-state index is 0.0835. The van der Waals surface area contributed by atoms with Crippen LogP contribution in [0.5, 0.6) is 0 Å². The number of hydrogen-bond donors (Lipinski definition) is 7. The average molecular weight is 825 g/mol. The Kier molecular flexibility index (Phi) is 14.0. The highest BCUT2D eigenvalue weighted by molar-refractivity contribution is 7.17. The first kappa shape index (κ1) is 42.4. The Bertz CT molecular complexity index is 2220. The Morgan fingerprint density at radius 2 is 1.54 bits per heavy atom. The van der Waals surface area contributed by atoms with E-state index in [1.165, 1.54) is 28.2 Å². The summed E-state index contributed by atoms with van der Waals surface area (Å²) in [5.74, 6) is -2.88. The normalized spacial score (nSPS) is 21.9. The topological polar surface area (TPSA) is 247 Å². The van der Waals surface area contributed by atoms with Crippen LogP contribution in [-0.2, 0) is 36.8 Å². The summed E-state index contributed by atoms with van der Waals surface area (Å²) in [5, 5.41) is 16.2. The zero-order valence-electron chi connectivity index (χ0n) is 33.0. The van der Waals surface area contributed by atoms with Crippen molar-refractivity contribution in [1.82, 2.24) is 31.1 Å². The van der Waals surface area contributed by atoms with Crippen LogP contribution in [0.25, 0.3) is 20.9 Å². The molecule has 0 saturated carbocycles. The molecule has 2 aliphatic rings. The lowest BCUT2D eigenvalue weighted by atomic mass is 9.99. The summed E-state index contributed by atoms with van der Waals surface area (Å²) in [6.45, 7) is 0.568. The van der Waals surface area contributed by atoms with E-state index in [1.807, 2.05) is 72.1 Å². The number of guanidine groups is 1. The molecule has 0 unspecified atom stereocenters. The lowest BCUT2D eigenvalue weighted by Gasteiger charge is -2.33. The Morgan fingerprint density at radius 1 is 0.814 bits per heavy atom. The molecule has 59 heavy (non-hydrogen) atoms. The van der Waals surface area contributed by atoms with Crippen molar-refractivity contribution in [2.75, 3.05) is 26.7 Å². The van der Waals surface area contributed by atoms with Crippen LogP contribution >= 0.6 is 11.3 Å². The lowest BCUT2D eigenvalue weighted by Crippen LogP contribution is -2.58. The van der Waals surface area contributed by atoms with E-state index in [-0.39, 0.29) is 57.7 Å². The number of primary amides is 1. The van der Waals surface area contributed by atoms with Crippen LogP contribution in [-0.4, -0.2) is 108 Å². The van der Waals surface area contributed by atoms with Gasteiger partial charge in [0.2, 0.25) is 29.5 Å². The number of carbonyl (C=O) groups is 6.